The van der Waals surface area contributed by atoms with Gasteiger partial charge in [0.25, 0.3) is 20.0 Å². The molecule has 24 heavy (non-hydrogen) atoms. The number of sulfonamides is 2. The summed E-state index contributed by atoms with van der Waals surface area (Å²) in [5, 5.41) is 8.66. The lowest BCUT2D eigenvalue weighted by molar-refractivity contribution is 0.585. The molecule has 0 amide bonds. The molecule has 0 atom stereocenters. The van der Waals surface area contributed by atoms with Crippen molar-refractivity contribution in [3.05, 3.63) is 34.6 Å². The van der Waals surface area contributed by atoms with E-state index in [4.69, 9.17) is 5.14 Å². The topological polar surface area (TPSA) is 124 Å². The highest BCUT2D eigenvalue weighted by atomic mass is 32.2. The van der Waals surface area contributed by atoms with Gasteiger partial charge in [-0.05, 0) is 23.1 Å². The zero-order chi connectivity index (χ0) is 18.3. The number of nitrogens with zero attached hydrogens (tertiary/aromatic N) is 3. The summed E-state index contributed by atoms with van der Waals surface area (Å²) in [4.78, 5) is -0.0695. The Morgan fingerprint density at radius 2 is 1.67 bits per heavy atom. The zero-order valence-electron chi connectivity index (χ0n) is 13.6. The van der Waals surface area contributed by atoms with Crippen LogP contribution in [0, 0.1) is 0 Å². The van der Waals surface area contributed by atoms with Crippen molar-refractivity contribution in [2.75, 3.05) is 0 Å². The van der Waals surface area contributed by atoms with Crippen molar-refractivity contribution < 1.29 is 16.8 Å². The Bertz CT molecular complexity index is 1020. The normalized spacial score (nSPS) is 14.1. The molecule has 0 aliphatic rings. The van der Waals surface area contributed by atoms with E-state index in [1.165, 1.54) is 19.2 Å². The van der Waals surface area contributed by atoms with Crippen LogP contribution in [0.25, 0.3) is 0 Å². The van der Waals surface area contributed by atoms with Gasteiger partial charge in [0.2, 0.25) is 9.14 Å². The molecule has 1 aromatic heterocycles. The van der Waals surface area contributed by atoms with E-state index < -0.39 is 24.4 Å². The largest absolute Gasteiger partial charge is 0.285 e. The molecule has 0 saturated heterocycles. The highest BCUT2D eigenvalue weighted by Gasteiger charge is 2.19. The van der Waals surface area contributed by atoms with Crippen LogP contribution in [0.15, 0.2) is 37.9 Å². The van der Waals surface area contributed by atoms with Crippen LogP contribution in [0.5, 0.6) is 0 Å². The van der Waals surface area contributed by atoms with E-state index in [1.807, 2.05) is 20.8 Å². The number of primary sulfonamides is 1. The summed E-state index contributed by atoms with van der Waals surface area (Å²) in [5.74, 6) is 0. The summed E-state index contributed by atoms with van der Waals surface area (Å²) < 4.78 is 51.7. The van der Waals surface area contributed by atoms with Crippen molar-refractivity contribution in [2.24, 2.45) is 16.6 Å². The van der Waals surface area contributed by atoms with Gasteiger partial charge in [0.05, 0.1) is 4.90 Å². The molecule has 1 heterocycles. The first-order valence-electron chi connectivity index (χ1n) is 6.79. The summed E-state index contributed by atoms with van der Waals surface area (Å²) >= 11 is 0.588. The van der Waals surface area contributed by atoms with Crippen molar-refractivity contribution >= 4 is 31.4 Å². The van der Waals surface area contributed by atoms with Crippen molar-refractivity contribution in [3.8, 4) is 0 Å². The molecule has 0 fully saturated rings. The predicted octanol–water partition coefficient (Wildman–Crippen LogP) is 0.716. The molecule has 2 N–H and O–H groups in total. The van der Waals surface area contributed by atoms with Gasteiger partial charge in [-0.3, -0.25) is 0 Å². The standard InChI is InChI=1S/C13H18N4O4S3/c1-13(2,3)9-5-7-10(8-6-9)24(20,21)16-11-17(4)15-12(22-11)23(14,18)19/h5-8H,1-4H3,(H2,14,18,19). The molecule has 2 aromatic rings. The van der Waals surface area contributed by atoms with E-state index in [0.29, 0.717) is 11.3 Å². The maximum atomic E-state index is 12.4. The fraction of sp³-hybridized carbons (Fsp3) is 0.385. The van der Waals surface area contributed by atoms with Gasteiger partial charge < -0.3 is 0 Å². The molecular weight excluding hydrogens is 372 g/mol. The first kappa shape index (κ1) is 18.8. The molecule has 0 spiro atoms. The number of benzene rings is 1. The lowest BCUT2D eigenvalue weighted by atomic mass is 9.87. The van der Waals surface area contributed by atoms with Gasteiger partial charge >= 0.3 is 0 Å². The molecule has 0 unspecified atom stereocenters. The first-order chi connectivity index (χ1) is 10.8. The summed E-state index contributed by atoms with van der Waals surface area (Å²) in [6.07, 6.45) is 0. The first-order valence-corrected chi connectivity index (χ1v) is 10.6. The highest BCUT2D eigenvalue weighted by molar-refractivity contribution is 7.91. The maximum Gasteiger partial charge on any atom is 0.285 e. The average Bonchev–Trinajstić information content (AvgIpc) is 2.79. The number of aryl methyl sites for hydroxylation is 1. The van der Waals surface area contributed by atoms with Gasteiger partial charge in [-0.15, -0.1) is 9.50 Å². The van der Waals surface area contributed by atoms with Crippen LogP contribution in [0.4, 0.5) is 0 Å². The summed E-state index contributed by atoms with van der Waals surface area (Å²) in [7, 11) is -6.62. The number of nitrogens with two attached hydrogens (primary N) is 1. The Morgan fingerprint density at radius 3 is 2.08 bits per heavy atom. The SMILES string of the molecule is Cn1nc(S(N)(=O)=O)sc1=NS(=O)(=O)c1ccc(C(C)(C)C)cc1. The molecule has 0 aliphatic heterocycles. The van der Waals surface area contributed by atoms with Crippen molar-refractivity contribution in [2.45, 2.75) is 35.4 Å². The lowest BCUT2D eigenvalue weighted by Gasteiger charge is -2.18. The zero-order valence-corrected chi connectivity index (χ0v) is 16.0. The second kappa shape index (κ2) is 6.06. The van der Waals surface area contributed by atoms with E-state index in [1.54, 1.807) is 12.1 Å². The van der Waals surface area contributed by atoms with Crippen molar-refractivity contribution in [1.29, 1.82) is 0 Å². The quantitative estimate of drug-likeness (QED) is 0.826. The fourth-order valence-electron chi connectivity index (χ4n) is 1.80. The molecule has 2 rings (SSSR count). The van der Waals surface area contributed by atoms with Crippen LogP contribution >= 0.6 is 11.3 Å². The second-order valence-electron chi connectivity index (χ2n) is 6.16. The van der Waals surface area contributed by atoms with E-state index in [9.17, 15) is 16.8 Å². The van der Waals surface area contributed by atoms with Crippen LogP contribution < -0.4 is 9.94 Å². The Labute approximate surface area is 144 Å². The van der Waals surface area contributed by atoms with E-state index >= 15 is 0 Å². The average molecular weight is 391 g/mol. The molecule has 132 valence electrons. The van der Waals surface area contributed by atoms with Gasteiger partial charge in [0.15, 0.2) is 0 Å². The molecule has 8 nitrogen and oxygen atoms in total. The van der Waals surface area contributed by atoms with E-state index in [2.05, 4.69) is 9.50 Å². The third-order valence-electron chi connectivity index (χ3n) is 3.15. The molecule has 11 heteroatoms. The maximum absolute atomic E-state index is 12.4. The predicted molar refractivity (Wildman–Crippen MR) is 90.3 cm³/mol. The van der Waals surface area contributed by atoms with Crippen molar-refractivity contribution in [3.63, 3.8) is 0 Å². The minimum absolute atomic E-state index is 0.0149. The molecule has 0 bridgehead atoms. The molecular formula is C13H18N4O4S3. The third-order valence-corrected chi connectivity index (χ3v) is 6.85. The number of hydrogen-bond acceptors (Lipinski definition) is 6. The second-order valence-corrected chi connectivity index (χ2v) is 10.5. The Morgan fingerprint density at radius 1 is 1.12 bits per heavy atom. The lowest BCUT2D eigenvalue weighted by Crippen LogP contribution is -2.15. The number of rotatable bonds is 3. The van der Waals surface area contributed by atoms with Gasteiger partial charge in [0.1, 0.15) is 0 Å². The van der Waals surface area contributed by atoms with Crippen LogP contribution in [-0.4, -0.2) is 26.6 Å². The monoisotopic (exact) mass is 390 g/mol. The third kappa shape index (κ3) is 4.09. The Hall–Kier alpha value is -1.56. The minimum Gasteiger partial charge on any atom is -0.239 e. The summed E-state index contributed by atoms with van der Waals surface area (Å²) in [6.45, 7) is 6.06. The van der Waals surface area contributed by atoms with E-state index in [-0.39, 0.29) is 15.1 Å². The van der Waals surface area contributed by atoms with Crippen LogP contribution in [0.3, 0.4) is 0 Å². The number of hydrogen-bond donors (Lipinski definition) is 1. The van der Waals surface area contributed by atoms with Gasteiger partial charge in [-0.2, -0.15) is 8.42 Å². The number of aromatic nitrogens is 2. The van der Waals surface area contributed by atoms with Crippen LogP contribution in [-0.2, 0) is 32.5 Å². The molecule has 0 saturated carbocycles. The fourth-order valence-corrected chi connectivity index (χ4v) is 4.57. The molecule has 0 aliphatic carbocycles. The van der Waals surface area contributed by atoms with Gasteiger partial charge in [-0.25, -0.2) is 18.2 Å². The van der Waals surface area contributed by atoms with Crippen LogP contribution in [0.1, 0.15) is 26.3 Å². The highest BCUT2D eigenvalue weighted by Crippen LogP contribution is 2.23. The Kier molecular flexibility index (Phi) is 4.74. The van der Waals surface area contributed by atoms with Crippen molar-refractivity contribution in [1.82, 2.24) is 9.78 Å². The van der Waals surface area contributed by atoms with Gasteiger partial charge in [0, 0.05) is 7.05 Å². The molecule has 0 radical (unpaired) electrons. The smallest absolute Gasteiger partial charge is 0.239 e. The molecule has 1 aromatic carbocycles. The van der Waals surface area contributed by atoms with Gasteiger partial charge in [-0.1, -0.05) is 44.2 Å². The summed E-state index contributed by atoms with van der Waals surface area (Å²) in [6, 6.07) is 6.40. The van der Waals surface area contributed by atoms with E-state index in [0.717, 1.165) is 10.2 Å². The summed E-state index contributed by atoms with van der Waals surface area (Å²) in [5.41, 5.74) is 0.884. The minimum atomic E-state index is -4.01. The van der Waals surface area contributed by atoms with Crippen LogP contribution in [0.2, 0.25) is 0 Å². The Balaban J connectivity index is 2.51.